The molecular formula is C11H25NO3. The predicted molar refractivity (Wildman–Crippen MR) is 61.0 cm³/mol. The van der Waals surface area contributed by atoms with E-state index in [4.69, 9.17) is 19.9 Å². The van der Waals surface area contributed by atoms with Crippen LogP contribution in [0, 0.1) is 0 Å². The molecule has 2 N–H and O–H groups in total. The van der Waals surface area contributed by atoms with Crippen LogP contribution in [-0.2, 0) is 14.2 Å². The summed E-state index contributed by atoms with van der Waals surface area (Å²) in [6.45, 7) is 5.45. The number of hydrogen-bond donors (Lipinski definition) is 1. The average Bonchev–Trinajstić information content (AvgIpc) is 2.20. The predicted octanol–water partition coefficient (Wildman–Crippen LogP) is 1.18. The smallest absolute Gasteiger partial charge is 0.0701 e. The van der Waals surface area contributed by atoms with Gasteiger partial charge in [-0.15, -0.1) is 0 Å². The van der Waals surface area contributed by atoms with Gasteiger partial charge in [-0.3, -0.25) is 0 Å². The van der Waals surface area contributed by atoms with E-state index in [1.165, 1.54) is 0 Å². The van der Waals surface area contributed by atoms with Crippen LogP contribution >= 0.6 is 0 Å². The van der Waals surface area contributed by atoms with Crippen molar-refractivity contribution in [2.24, 2.45) is 5.73 Å². The van der Waals surface area contributed by atoms with Gasteiger partial charge in [-0.1, -0.05) is 0 Å². The Morgan fingerprint density at radius 1 is 0.933 bits per heavy atom. The van der Waals surface area contributed by atoms with Crippen molar-refractivity contribution in [3.63, 3.8) is 0 Å². The van der Waals surface area contributed by atoms with E-state index in [-0.39, 0.29) is 0 Å². The fourth-order valence-corrected chi connectivity index (χ4v) is 1.13. The molecule has 0 bridgehead atoms. The molecule has 1 unspecified atom stereocenters. The van der Waals surface area contributed by atoms with Crippen LogP contribution in [0.3, 0.4) is 0 Å². The molecule has 1 atom stereocenters. The minimum absolute atomic E-state index is 0.308. The van der Waals surface area contributed by atoms with Gasteiger partial charge in [-0.05, 0) is 26.2 Å². The molecule has 0 aliphatic heterocycles. The van der Waals surface area contributed by atoms with Crippen molar-refractivity contribution in [3.05, 3.63) is 0 Å². The van der Waals surface area contributed by atoms with Gasteiger partial charge in [0.15, 0.2) is 0 Å². The quantitative estimate of drug-likeness (QED) is 0.530. The number of rotatable bonds is 11. The molecule has 0 aromatic carbocycles. The van der Waals surface area contributed by atoms with E-state index >= 15 is 0 Å². The summed E-state index contributed by atoms with van der Waals surface area (Å²) >= 11 is 0. The highest BCUT2D eigenvalue weighted by atomic mass is 16.5. The third kappa shape index (κ3) is 13.8. The lowest BCUT2D eigenvalue weighted by Crippen LogP contribution is -2.14. The maximum Gasteiger partial charge on any atom is 0.0701 e. The van der Waals surface area contributed by atoms with Gasteiger partial charge in [-0.25, -0.2) is 0 Å². The molecule has 0 heterocycles. The average molecular weight is 219 g/mol. The summed E-state index contributed by atoms with van der Waals surface area (Å²) in [5.41, 5.74) is 5.63. The second kappa shape index (κ2) is 11.9. The van der Waals surface area contributed by atoms with Crippen LogP contribution < -0.4 is 5.73 Å². The molecule has 0 aromatic heterocycles. The van der Waals surface area contributed by atoms with E-state index in [2.05, 4.69) is 0 Å². The highest BCUT2D eigenvalue weighted by Gasteiger charge is 1.94. The summed E-state index contributed by atoms with van der Waals surface area (Å²) < 4.78 is 15.5. The van der Waals surface area contributed by atoms with Crippen LogP contribution in [0.1, 0.15) is 26.2 Å². The van der Waals surface area contributed by atoms with E-state index in [1.807, 2.05) is 6.92 Å². The van der Waals surface area contributed by atoms with Gasteiger partial charge < -0.3 is 19.9 Å². The van der Waals surface area contributed by atoms with Gasteiger partial charge in [0.05, 0.1) is 26.4 Å². The first kappa shape index (κ1) is 14.8. The number of nitrogens with two attached hydrogens (primary N) is 1. The fourth-order valence-electron chi connectivity index (χ4n) is 1.13. The number of methoxy groups -OCH3 is 1. The maximum absolute atomic E-state index is 5.63. The van der Waals surface area contributed by atoms with Gasteiger partial charge in [0.2, 0.25) is 0 Å². The third-order valence-corrected chi connectivity index (χ3v) is 2.00. The normalized spacial score (nSPS) is 13.0. The maximum atomic E-state index is 5.63. The Labute approximate surface area is 93.1 Å². The van der Waals surface area contributed by atoms with Crippen LogP contribution in [0.5, 0.6) is 0 Å². The fraction of sp³-hybridized carbons (Fsp3) is 1.00. The molecule has 0 spiro atoms. The van der Waals surface area contributed by atoms with Crippen molar-refractivity contribution in [2.75, 3.05) is 40.1 Å². The van der Waals surface area contributed by atoms with Crippen LogP contribution in [0.2, 0.25) is 0 Å². The number of unbranched alkanes of at least 4 members (excludes halogenated alkanes) is 1. The highest BCUT2D eigenvalue weighted by Crippen LogP contribution is 1.98. The first-order valence-corrected chi connectivity index (χ1v) is 5.67. The van der Waals surface area contributed by atoms with Gasteiger partial charge in [0.25, 0.3) is 0 Å². The van der Waals surface area contributed by atoms with Gasteiger partial charge in [-0.2, -0.15) is 0 Å². The van der Waals surface area contributed by atoms with Gasteiger partial charge in [0.1, 0.15) is 0 Å². The standard InChI is InChI=1S/C11H25NO3/c1-11(12)5-3-4-6-14-9-10-15-8-7-13-2/h11H,3-10,12H2,1-2H3. The van der Waals surface area contributed by atoms with Crippen molar-refractivity contribution >= 4 is 0 Å². The van der Waals surface area contributed by atoms with Crippen molar-refractivity contribution in [1.82, 2.24) is 0 Å². The topological polar surface area (TPSA) is 53.7 Å². The molecule has 4 heteroatoms. The second-order valence-corrected chi connectivity index (χ2v) is 3.69. The lowest BCUT2D eigenvalue weighted by atomic mass is 10.1. The van der Waals surface area contributed by atoms with Gasteiger partial charge in [0, 0.05) is 19.8 Å². The molecular weight excluding hydrogens is 194 g/mol. The second-order valence-electron chi connectivity index (χ2n) is 3.69. The molecule has 0 aliphatic carbocycles. The summed E-state index contributed by atoms with van der Waals surface area (Å²) in [6, 6.07) is 0.308. The Morgan fingerprint density at radius 2 is 1.53 bits per heavy atom. The van der Waals surface area contributed by atoms with Crippen LogP contribution in [0.25, 0.3) is 0 Å². The van der Waals surface area contributed by atoms with Crippen molar-refractivity contribution in [1.29, 1.82) is 0 Å². The van der Waals surface area contributed by atoms with E-state index in [1.54, 1.807) is 7.11 Å². The molecule has 0 aliphatic rings. The first-order valence-electron chi connectivity index (χ1n) is 5.67. The minimum Gasteiger partial charge on any atom is -0.382 e. The van der Waals surface area contributed by atoms with Crippen LogP contribution in [-0.4, -0.2) is 46.2 Å². The SMILES string of the molecule is COCCOCCOCCCCC(C)N. The summed E-state index contributed by atoms with van der Waals surface area (Å²) in [5.74, 6) is 0. The zero-order valence-electron chi connectivity index (χ0n) is 10.0. The van der Waals surface area contributed by atoms with Crippen LogP contribution in [0.15, 0.2) is 0 Å². The van der Waals surface area contributed by atoms with Crippen molar-refractivity contribution < 1.29 is 14.2 Å². The Bertz CT molecular complexity index is 120. The van der Waals surface area contributed by atoms with E-state index in [9.17, 15) is 0 Å². The van der Waals surface area contributed by atoms with Crippen LogP contribution in [0.4, 0.5) is 0 Å². The molecule has 92 valence electrons. The summed E-state index contributed by atoms with van der Waals surface area (Å²) in [5, 5.41) is 0. The van der Waals surface area contributed by atoms with E-state index in [0.717, 1.165) is 25.9 Å². The molecule has 0 saturated heterocycles. The molecule has 15 heavy (non-hydrogen) atoms. The minimum atomic E-state index is 0.308. The number of ether oxygens (including phenoxy) is 3. The zero-order valence-corrected chi connectivity index (χ0v) is 10.0. The molecule has 0 rings (SSSR count). The van der Waals surface area contributed by atoms with E-state index in [0.29, 0.717) is 32.5 Å². The lowest BCUT2D eigenvalue weighted by molar-refractivity contribution is 0.0239. The number of hydrogen-bond acceptors (Lipinski definition) is 4. The summed E-state index contributed by atoms with van der Waals surface area (Å²) in [7, 11) is 1.66. The third-order valence-electron chi connectivity index (χ3n) is 2.00. The summed E-state index contributed by atoms with van der Waals surface area (Å²) in [6.07, 6.45) is 3.30. The zero-order chi connectivity index (χ0) is 11.4. The molecule has 0 amide bonds. The molecule has 0 aromatic rings. The van der Waals surface area contributed by atoms with Crippen molar-refractivity contribution in [3.8, 4) is 0 Å². The van der Waals surface area contributed by atoms with E-state index < -0.39 is 0 Å². The first-order chi connectivity index (χ1) is 7.27. The Hall–Kier alpha value is -0.160. The molecule has 0 radical (unpaired) electrons. The Kier molecular flexibility index (Phi) is 11.8. The monoisotopic (exact) mass is 219 g/mol. The van der Waals surface area contributed by atoms with Crippen molar-refractivity contribution in [2.45, 2.75) is 32.2 Å². The molecule has 4 nitrogen and oxygen atoms in total. The largest absolute Gasteiger partial charge is 0.382 e. The highest BCUT2D eigenvalue weighted by molar-refractivity contribution is 4.52. The molecule has 0 saturated carbocycles. The Morgan fingerprint density at radius 3 is 2.13 bits per heavy atom. The lowest BCUT2D eigenvalue weighted by Gasteiger charge is -2.06. The summed E-state index contributed by atoms with van der Waals surface area (Å²) in [4.78, 5) is 0. The van der Waals surface area contributed by atoms with Gasteiger partial charge >= 0.3 is 0 Å². The molecule has 0 fully saturated rings. The Balaban J connectivity index is 2.87.